The van der Waals surface area contributed by atoms with E-state index in [0.717, 1.165) is 42.6 Å². The summed E-state index contributed by atoms with van der Waals surface area (Å²) in [5.41, 5.74) is 7.99. The molecular formula is C13H15NO3. The Morgan fingerprint density at radius 3 is 2.76 bits per heavy atom. The number of ether oxygens (including phenoxy) is 2. The van der Waals surface area contributed by atoms with Gasteiger partial charge in [0.1, 0.15) is 11.5 Å². The Morgan fingerprint density at radius 2 is 1.94 bits per heavy atom. The van der Waals surface area contributed by atoms with Crippen LogP contribution in [0.3, 0.4) is 0 Å². The number of nitrogens with two attached hydrogens (primary N) is 1. The van der Waals surface area contributed by atoms with Crippen LogP contribution in [0.2, 0.25) is 0 Å². The molecule has 0 saturated heterocycles. The normalized spacial score (nSPS) is 17.4. The van der Waals surface area contributed by atoms with Crippen LogP contribution in [-0.4, -0.2) is 19.1 Å². The largest absolute Gasteiger partial charge is 0.493 e. The average molecular weight is 233 g/mol. The zero-order chi connectivity index (χ0) is 11.8. The van der Waals surface area contributed by atoms with Gasteiger partial charge in [0.05, 0.1) is 18.8 Å². The van der Waals surface area contributed by atoms with Gasteiger partial charge >= 0.3 is 0 Å². The number of hydrogen-bond acceptors (Lipinski definition) is 3. The van der Waals surface area contributed by atoms with Gasteiger partial charge in [-0.05, 0) is 37.3 Å². The molecule has 3 rings (SSSR count). The molecule has 0 radical (unpaired) electrons. The van der Waals surface area contributed by atoms with Crippen molar-refractivity contribution in [3.8, 4) is 11.5 Å². The lowest BCUT2D eigenvalue weighted by Gasteiger charge is -2.26. The quantitative estimate of drug-likeness (QED) is 0.798. The highest BCUT2D eigenvalue weighted by Crippen LogP contribution is 2.39. The summed E-state index contributed by atoms with van der Waals surface area (Å²) in [7, 11) is 0. The van der Waals surface area contributed by atoms with E-state index in [-0.39, 0.29) is 0 Å². The molecule has 0 aromatic heterocycles. The first-order chi connectivity index (χ1) is 8.27. The Labute approximate surface area is 99.7 Å². The van der Waals surface area contributed by atoms with Crippen molar-refractivity contribution < 1.29 is 14.3 Å². The topological polar surface area (TPSA) is 61.6 Å². The third-order valence-corrected chi connectivity index (χ3v) is 3.34. The van der Waals surface area contributed by atoms with Gasteiger partial charge in [-0.15, -0.1) is 0 Å². The van der Waals surface area contributed by atoms with E-state index in [4.69, 9.17) is 15.2 Å². The molecule has 1 aromatic rings. The molecule has 0 spiro atoms. The third kappa shape index (κ3) is 1.64. The molecule has 2 aliphatic rings. The van der Waals surface area contributed by atoms with Crippen LogP contribution in [-0.2, 0) is 12.8 Å². The predicted octanol–water partition coefficient (Wildman–Crippen LogP) is 1.44. The molecule has 2 aliphatic heterocycles. The van der Waals surface area contributed by atoms with Gasteiger partial charge < -0.3 is 15.2 Å². The number of rotatable bonds is 1. The van der Waals surface area contributed by atoms with Crippen molar-refractivity contribution in [1.82, 2.24) is 0 Å². The zero-order valence-corrected chi connectivity index (χ0v) is 9.62. The van der Waals surface area contributed by atoms with E-state index in [1.165, 1.54) is 0 Å². The molecular weight excluding hydrogens is 218 g/mol. The minimum absolute atomic E-state index is 0.412. The van der Waals surface area contributed by atoms with Gasteiger partial charge in [-0.25, -0.2) is 0 Å². The lowest BCUT2D eigenvalue weighted by atomic mass is 9.93. The molecule has 1 amide bonds. The number of benzene rings is 1. The van der Waals surface area contributed by atoms with Crippen molar-refractivity contribution in [3.63, 3.8) is 0 Å². The van der Waals surface area contributed by atoms with Crippen molar-refractivity contribution in [3.05, 3.63) is 22.8 Å². The van der Waals surface area contributed by atoms with Crippen LogP contribution in [0.5, 0.6) is 11.5 Å². The number of hydrogen-bond donors (Lipinski definition) is 1. The van der Waals surface area contributed by atoms with Crippen LogP contribution in [0.15, 0.2) is 6.07 Å². The standard InChI is InChI=1S/C13H15NO3/c14-13(15)11-9-4-2-5-16-10(9)7-8-3-1-6-17-12(8)11/h7H,1-6H2,(H2,14,15). The summed E-state index contributed by atoms with van der Waals surface area (Å²) in [6, 6.07) is 2.01. The smallest absolute Gasteiger partial charge is 0.252 e. The summed E-state index contributed by atoms with van der Waals surface area (Å²) in [4.78, 5) is 11.6. The number of carbonyl (C=O) groups excluding carboxylic acids is 1. The summed E-state index contributed by atoms with van der Waals surface area (Å²) < 4.78 is 11.2. The van der Waals surface area contributed by atoms with Crippen molar-refractivity contribution in [2.24, 2.45) is 5.73 Å². The van der Waals surface area contributed by atoms with Gasteiger partial charge in [0.2, 0.25) is 0 Å². The maximum absolute atomic E-state index is 11.6. The molecule has 4 nitrogen and oxygen atoms in total. The minimum Gasteiger partial charge on any atom is -0.493 e. The molecule has 90 valence electrons. The Hall–Kier alpha value is -1.71. The summed E-state index contributed by atoms with van der Waals surface area (Å²) >= 11 is 0. The maximum Gasteiger partial charge on any atom is 0.252 e. The van der Waals surface area contributed by atoms with Crippen molar-refractivity contribution in [2.75, 3.05) is 13.2 Å². The van der Waals surface area contributed by atoms with Crippen molar-refractivity contribution >= 4 is 5.91 Å². The molecule has 17 heavy (non-hydrogen) atoms. The first kappa shape index (κ1) is 10.4. The number of carbonyl (C=O) groups is 1. The number of primary amides is 1. The molecule has 0 unspecified atom stereocenters. The van der Waals surface area contributed by atoms with E-state index in [1.54, 1.807) is 0 Å². The van der Waals surface area contributed by atoms with Crippen LogP contribution in [0.25, 0.3) is 0 Å². The highest BCUT2D eigenvalue weighted by Gasteiger charge is 2.26. The molecule has 0 fully saturated rings. The molecule has 0 atom stereocenters. The summed E-state index contributed by atoms with van der Waals surface area (Å²) in [6.45, 7) is 1.37. The number of amides is 1. The molecule has 1 aromatic carbocycles. The van der Waals surface area contributed by atoms with Crippen LogP contribution in [0.1, 0.15) is 34.3 Å². The van der Waals surface area contributed by atoms with Crippen molar-refractivity contribution in [2.45, 2.75) is 25.7 Å². The summed E-state index contributed by atoms with van der Waals surface area (Å²) in [5.74, 6) is 1.09. The van der Waals surface area contributed by atoms with E-state index in [9.17, 15) is 4.79 Å². The maximum atomic E-state index is 11.6. The molecule has 0 saturated carbocycles. The highest BCUT2D eigenvalue weighted by atomic mass is 16.5. The van der Waals surface area contributed by atoms with Gasteiger partial charge in [-0.1, -0.05) is 0 Å². The Kier molecular flexibility index (Phi) is 2.42. The van der Waals surface area contributed by atoms with E-state index in [0.29, 0.717) is 24.5 Å². The SMILES string of the molecule is NC(=O)c1c2c(cc3c1OCCC3)OCCC2. The molecule has 0 aliphatic carbocycles. The fourth-order valence-electron chi connectivity index (χ4n) is 2.59. The lowest BCUT2D eigenvalue weighted by Crippen LogP contribution is -2.22. The molecule has 0 bridgehead atoms. The third-order valence-electron chi connectivity index (χ3n) is 3.34. The van der Waals surface area contributed by atoms with Gasteiger partial charge in [-0.3, -0.25) is 4.79 Å². The van der Waals surface area contributed by atoms with Crippen LogP contribution in [0.4, 0.5) is 0 Å². The fourth-order valence-corrected chi connectivity index (χ4v) is 2.59. The Balaban J connectivity index is 2.23. The second kappa shape index (κ2) is 3.95. The van der Waals surface area contributed by atoms with E-state index in [2.05, 4.69) is 0 Å². The van der Waals surface area contributed by atoms with Gasteiger partial charge in [0, 0.05) is 5.56 Å². The molecule has 2 heterocycles. The second-order valence-corrected chi connectivity index (χ2v) is 4.48. The predicted molar refractivity (Wildman–Crippen MR) is 62.6 cm³/mol. The minimum atomic E-state index is -0.412. The fraction of sp³-hybridized carbons (Fsp3) is 0.462. The van der Waals surface area contributed by atoms with Gasteiger partial charge in [0.15, 0.2) is 0 Å². The highest BCUT2D eigenvalue weighted by molar-refractivity contribution is 5.98. The Morgan fingerprint density at radius 1 is 1.18 bits per heavy atom. The monoisotopic (exact) mass is 233 g/mol. The number of aryl methyl sites for hydroxylation is 1. The lowest BCUT2D eigenvalue weighted by molar-refractivity contribution is 0.0992. The second-order valence-electron chi connectivity index (χ2n) is 4.48. The van der Waals surface area contributed by atoms with E-state index >= 15 is 0 Å². The van der Waals surface area contributed by atoms with Gasteiger partial charge in [-0.2, -0.15) is 0 Å². The van der Waals surface area contributed by atoms with Crippen molar-refractivity contribution in [1.29, 1.82) is 0 Å². The van der Waals surface area contributed by atoms with E-state index in [1.807, 2.05) is 6.07 Å². The van der Waals surface area contributed by atoms with E-state index < -0.39 is 5.91 Å². The zero-order valence-electron chi connectivity index (χ0n) is 9.62. The van der Waals surface area contributed by atoms with Crippen LogP contribution >= 0.6 is 0 Å². The average Bonchev–Trinajstić information content (AvgIpc) is 2.35. The first-order valence-electron chi connectivity index (χ1n) is 6.01. The summed E-state index contributed by atoms with van der Waals surface area (Å²) in [6.07, 6.45) is 3.66. The first-order valence-corrected chi connectivity index (χ1v) is 6.01. The van der Waals surface area contributed by atoms with Crippen LogP contribution in [0, 0.1) is 0 Å². The van der Waals surface area contributed by atoms with Crippen LogP contribution < -0.4 is 15.2 Å². The summed E-state index contributed by atoms with van der Waals surface area (Å²) in [5, 5.41) is 0. The van der Waals surface area contributed by atoms with Gasteiger partial charge in [0.25, 0.3) is 5.91 Å². The Bertz CT molecular complexity index is 448. The molecule has 4 heteroatoms. The number of fused-ring (bicyclic) bond motifs is 2. The molecule has 2 N–H and O–H groups in total.